The Balaban J connectivity index is 1.64. The number of halogens is 1. The van der Waals surface area contributed by atoms with Gasteiger partial charge < -0.3 is 10.6 Å². The molecule has 1 atom stereocenters. The third-order valence-electron chi connectivity index (χ3n) is 3.57. The van der Waals surface area contributed by atoms with E-state index in [1.165, 1.54) is 35.2 Å². The fourth-order valence-corrected chi connectivity index (χ4v) is 4.10. The number of nitrogens with zero attached hydrogens (tertiary/aromatic N) is 3. The van der Waals surface area contributed by atoms with Crippen LogP contribution in [0.5, 0.6) is 0 Å². The van der Waals surface area contributed by atoms with Crippen LogP contribution in [0.3, 0.4) is 0 Å². The van der Waals surface area contributed by atoms with Crippen LogP contribution in [0.15, 0.2) is 28.6 Å². The number of hydrogen-bond donors (Lipinski definition) is 1. The van der Waals surface area contributed by atoms with Crippen LogP contribution in [-0.2, 0) is 4.79 Å². The van der Waals surface area contributed by atoms with E-state index in [1.807, 2.05) is 4.90 Å². The molecule has 22 heavy (non-hydrogen) atoms. The Bertz CT molecular complexity index is 661. The van der Waals surface area contributed by atoms with E-state index in [1.54, 1.807) is 12.1 Å². The van der Waals surface area contributed by atoms with Crippen molar-refractivity contribution < 1.29 is 9.18 Å². The van der Waals surface area contributed by atoms with Gasteiger partial charge in [-0.2, -0.15) is 0 Å². The molecule has 1 aliphatic rings. The van der Waals surface area contributed by atoms with Crippen LogP contribution in [0.2, 0.25) is 0 Å². The molecule has 1 aromatic heterocycles. The molecule has 2 aromatic rings. The fraction of sp³-hybridized carbons (Fsp3) is 0.357. The van der Waals surface area contributed by atoms with E-state index < -0.39 is 0 Å². The highest BCUT2D eigenvalue weighted by molar-refractivity contribution is 8.01. The summed E-state index contributed by atoms with van der Waals surface area (Å²) in [5, 5.41) is 8.03. The van der Waals surface area contributed by atoms with Crippen LogP contribution in [0, 0.1) is 5.82 Å². The van der Waals surface area contributed by atoms with E-state index in [-0.39, 0.29) is 17.8 Å². The van der Waals surface area contributed by atoms with Gasteiger partial charge in [-0.3, -0.25) is 4.79 Å². The van der Waals surface area contributed by atoms with Crippen molar-refractivity contribution in [2.45, 2.75) is 23.2 Å². The topological polar surface area (TPSA) is 72.1 Å². The Labute approximate surface area is 135 Å². The number of rotatable bonds is 4. The maximum atomic E-state index is 13.0. The number of aromatic nitrogens is 2. The molecular weight excluding hydrogens is 323 g/mol. The van der Waals surface area contributed by atoms with Gasteiger partial charge in [-0.15, -0.1) is 10.2 Å². The molecule has 1 unspecified atom stereocenters. The predicted octanol–water partition coefficient (Wildman–Crippen LogP) is 2.72. The van der Waals surface area contributed by atoms with Crippen molar-refractivity contribution >= 4 is 34.1 Å². The van der Waals surface area contributed by atoms with Gasteiger partial charge >= 0.3 is 0 Å². The predicted molar refractivity (Wildman–Crippen MR) is 85.1 cm³/mol. The molecule has 8 heteroatoms. The molecule has 0 saturated carbocycles. The van der Waals surface area contributed by atoms with Crippen LogP contribution >= 0.6 is 23.1 Å². The SMILES string of the molecule is Nc1nnc(SCC(=O)N2CCCC2c2ccc(F)cc2)s1. The molecule has 1 saturated heterocycles. The summed E-state index contributed by atoms with van der Waals surface area (Å²) in [6.45, 7) is 0.736. The lowest BCUT2D eigenvalue weighted by Crippen LogP contribution is -2.31. The highest BCUT2D eigenvalue weighted by Gasteiger charge is 2.29. The van der Waals surface area contributed by atoms with Gasteiger partial charge in [0, 0.05) is 6.54 Å². The highest BCUT2D eigenvalue weighted by Crippen LogP contribution is 2.33. The van der Waals surface area contributed by atoms with Crippen LogP contribution in [0.4, 0.5) is 9.52 Å². The Hall–Kier alpha value is -1.67. The summed E-state index contributed by atoms with van der Waals surface area (Å²) in [5.74, 6) is 0.112. The van der Waals surface area contributed by atoms with Gasteiger partial charge in [0.15, 0.2) is 4.34 Å². The third kappa shape index (κ3) is 3.38. The Morgan fingerprint density at radius 2 is 2.18 bits per heavy atom. The number of anilines is 1. The normalized spacial score (nSPS) is 17.9. The van der Waals surface area contributed by atoms with E-state index in [9.17, 15) is 9.18 Å². The lowest BCUT2D eigenvalue weighted by atomic mass is 10.0. The lowest BCUT2D eigenvalue weighted by Gasteiger charge is -2.25. The zero-order valence-electron chi connectivity index (χ0n) is 11.7. The van der Waals surface area contributed by atoms with Crippen molar-refractivity contribution in [3.05, 3.63) is 35.6 Å². The summed E-state index contributed by atoms with van der Waals surface area (Å²) >= 11 is 2.63. The van der Waals surface area contributed by atoms with E-state index >= 15 is 0 Å². The second-order valence-corrected chi connectivity index (χ2v) is 7.22. The molecule has 1 aliphatic heterocycles. The minimum absolute atomic E-state index is 0.0354. The number of carbonyl (C=O) groups excluding carboxylic acids is 1. The zero-order valence-corrected chi connectivity index (χ0v) is 13.4. The van der Waals surface area contributed by atoms with Gasteiger partial charge in [0.2, 0.25) is 11.0 Å². The molecule has 0 bridgehead atoms. The first kappa shape index (κ1) is 15.2. The average molecular weight is 338 g/mol. The number of amides is 1. The quantitative estimate of drug-likeness (QED) is 0.868. The Morgan fingerprint density at radius 3 is 2.86 bits per heavy atom. The maximum Gasteiger partial charge on any atom is 0.233 e. The van der Waals surface area contributed by atoms with E-state index in [4.69, 9.17) is 5.73 Å². The van der Waals surface area contributed by atoms with Gasteiger partial charge in [-0.1, -0.05) is 35.2 Å². The molecule has 1 aromatic carbocycles. The molecule has 2 N–H and O–H groups in total. The largest absolute Gasteiger partial charge is 0.374 e. The molecule has 116 valence electrons. The molecule has 3 rings (SSSR count). The van der Waals surface area contributed by atoms with E-state index in [2.05, 4.69) is 10.2 Å². The van der Waals surface area contributed by atoms with Crippen molar-refractivity contribution in [2.24, 2.45) is 0 Å². The highest BCUT2D eigenvalue weighted by atomic mass is 32.2. The first-order valence-corrected chi connectivity index (χ1v) is 8.70. The number of hydrogen-bond acceptors (Lipinski definition) is 6. The van der Waals surface area contributed by atoms with E-state index in [0.717, 1.165) is 24.9 Å². The van der Waals surface area contributed by atoms with Crippen LogP contribution < -0.4 is 5.73 Å². The van der Waals surface area contributed by atoms with E-state index in [0.29, 0.717) is 15.2 Å². The van der Waals surface area contributed by atoms with Gasteiger partial charge in [0.1, 0.15) is 5.82 Å². The minimum Gasteiger partial charge on any atom is -0.374 e. The number of nitrogens with two attached hydrogens (primary N) is 1. The van der Waals surface area contributed by atoms with Crippen molar-refractivity contribution in [1.29, 1.82) is 0 Å². The second kappa shape index (κ2) is 6.62. The first-order valence-electron chi connectivity index (χ1n) is 6.90. The first-order chi connectivity index (χ1) is 10.6. The van der Waals surface area contributed by atoms with Crippen molar-refractivity contribution in [2.75, 3.05) is 18.0 Å². The third-order valence-corrected chi connectivity index (χ3v) is 5.44. The number of nitrogen functional groups attached to an aromatic ring is 1. The Morgan fingerprint density at radius 1 is 1.41 bits per heavy atom. The summed E-state index contributed by atoms with van der Waals surface area (Å²) in [4.78, 5) is 14.3. The molecule has 0 radical (unpaired) electrons. The van der Waals surface area contributed by atoms with Gasteiger partial charge in [-0.25, -0.2) is 4.39 Å². The Kier molecular flexibility index (Phi) is 4.58. The summed E-state index contributed by atoms with van der Waals surface area (Å²) in [6.07, 6.45) is 1.87. The standard InChI is InChI=1S/C14H15FN4OS2/c15-10-5-3-9(4-6-10)11-2-1-7-19(11)12(20)8-21-14-18-17-13(16)22-14/h3-6,11H,1-2,7-8H2,(H2,16,17). The van der Waals surface area contributed by atoms with Crippen molar-refractivity contribution in [1.82, 2.24) is 15.1 Å². The van der Waals surface area contributed by atoms with Crippen LogP contribution in [0.1, 0.15) is 24.4 Å². The van der Waals surface area contributed by atoms with Crippen molar-refractivity contribution in [3.8, 4) is 0 Å². The fourth-order valence-electron chi connectivity index (χ4n) is 2.58. The molecule has 1 amide bonds. The summed E-state index contributed by atoms with van der Waals surface area (Å²) < 4.78 is 13.7. The van der Waals surface area contributed by atoms with Gasteiger partial charge in [0.05, 0.1) is 11.8 Å². The molecule has 2 heterocycles. The molecule has 0 spiro atoms. The molecule has 5 nitrogen and oxygen atoms in total. The number of thioether (sulfide) groups is 1. The number of benzene rings is 1. The van der Waals surface area contributed by atoms with Crippen LogP contribution in [0.25, 0.3) is 0 Å². The zero-order chi connectivity index (χ0) is 15.5. The monoisotopic (exact) mass is 338 g/mol. The summed E-state index contributed by atoms with van der Waals surface area (Å²) in [6, 6.07) is 6.42. The smallest absolute Gasteiger partial charge is 0.233 e. The minimum atomic E-state index is -0.260. The summed E-state index contributed by atoms with van der Waals surface area (Å²) in [7, 11) is 0. The second-order valence-electron chi connectivity index (χ2n) is 4.99. The van der Waals surface area contributed by atoms with Crippen molar-refractivity contribution in [3.63, 3.8) is 0 Å². The lowest BCUT2D eigenvalue weighted by molar-refractivity contribution is -0.129. The number of carbonyl (C=O) groups is 1. The van der Waals surface area contributed by atoms with Gasteiger partial charge in [-0.05, 0) is 30.5 Å². The van der Waals surface area contributed by atoms with Crippen LogP contribution in [-0.4, -0.2) is 33.3 Å². The maximum absolute atomic E-state index is 13.0. The molecule has 1 fully saturated rings. The average Bonchev–Trinajstić information content (AvgIpc) is 3.14. The molecular formula is C14H15FN4OS2. The van der Waals surface area contributed by atoms with Gasteiger partial charge in [0.25, 0.3) is 0 Å². The molecule has 0 aliphatic carbocycles. The summed E-state index contributed by atoms with van der Waals surface area (Å²) in [5.41, 5.74) is 6.51. The number of likely N-dealkylation sites (tertiary alicyclic amines) is 1.